The van der Waals surface area contributed by atoms with E-state index in [0.717, 1.165) is 35.0 Å². The minimum absolute atomic E-state index is 0.458. The molecular weight excluding hydrogens is 520 g/mol. The highest BCUT2D eigenvalue weighted by Crippen LogP contribution is 2.48. The van der Waals surface area contributed by atoms with Crippen molar-refractivity contribution in [2.24, 2.45) is 0 Å². The molecule has 0 radical (unpaired) electrons. The van der Waals surface area contributed by atoms with Gasteiger partial charge in [0.15, 0.2) is 5.82 Å². The first-order chi connectivity index (χ1) is 19.7. The molecular formula is C31H30N6O2S. The standard InChI is InChI=1S/C31H30N6O2S/c1-39-26-15-12-24(13-16-26)37-34-31(33-35-37)18-14-25(38)21-36-27-9-5-6-10-29(27)40-30-17-11-23(19-28(30)36)32-20-22-7-3-2-4-8-22/h2-13,15-17,19,25,32,38H,14,18,20-21H2,1H3. The molecule has 5 aromatic rings. The van der Waals surface area contributed by atoms with Gasteiger partial charge in [-0.05, 0) is 71.8 Å². The topological polar surface area (TPSA) is 88.3 Å². The smallest absolute Gasteiger partial charge is 0.175 e. The van der Waals surface area contributed by atoms with Crippen LogP contribution in [0.3, 0.4) is 0 Å². The number of fused-ring (bicyclic) bond motifs is 2. The number of methoxy groups -OCH3 is 1. The SMILES string of the molecule is COc1ccc(-n2nnc(CCC(O)CN3c4ccccc4Sc4ccc(NCc5ccccc5)cc43)n2)cc1. The molecule has 0 amide bonds. The van der Waals surface area contributed by atoms with E-state index in [0.29, 0.717) is 25.2 Å². The molecule has 40 heavy (non-hydrogen) atoms. The lowest BCUT2D eigenvalue weighted by molar-refractivity contribution is 0.172. The molecule has 1 aliphatic rings. The van der Waals surface area contributed by atoms with Crippen LogP contribution < -0.4 is 15.0 Å². The fourth-order valence-corrected chi connectivity index (χ4v) is 5.78. The summed E-state index contributed by atoms with van der Waals surface area (Å²) in [5, 5.41) is 27.6. The summed E-state index contributed by atoms with van der Waals surface area (Å²) < 4.78 is 5.22. The van der Waals surface area contributed by atoms with Crippen LogP contribution in [0.15, 0.2) is 107 Å². The number of ether oxygens (including phenoxy) is 1. The largest absolute Gasteiger partial charge is 0.497 e. The van der Waals surface area contributed by atoms with Gasteiger partial charge in [0, 0.05) is 35.0 Å². The Hall–Kier alpha value is -4.34. The second-order valence-electron chi connectivity index (χ2n) is 9.59. The van der Waals surface area contributed by atoms with E-state index in [1.54, 1.807) is 18.9 Å². The number of β-amino-alcohol motifs (C(OH)–C–C–N with tert-alkyl or cyclic N) is 1. The van der Waals surface area contributed by atoms with Crippen LogP contribution in [0, 0.1) is 0 Å². The van der Waals surface area contributed by atoms with Gasteiger partial charge >= 0.3 is 0 Å². The molecule has 0 saturated carbocycles. The van der Waals surface area contributed by atoms with Crippen molar-refractivity contribution in [1.82, 2.24) is 20.2 Å². The maximum absolute atomic E-state index is 11.2. The zero-order chi connectivity index (χ0) is 27.3. The van der Waals surface area contributed by atoms with Crippen molar-refractivity contribution in [1.29, 1.82) is 0 Å². The Kier molecular flexibility index (Phi) is 7.65. The van der Waals surface area contributed by atoms with Gasteiger partial charge < -0.3 is 20.1 Å². The number of hydrogen-bond acceptors (Lipinski definition) is 8. The zero-order valence-corrected chi connectivity index (χ0v) is 23.0. The molecule has 0 spiro atoms. The number of para-hydroxylation sites is 1. The number of nitrogens with one attached hydrogen (secondary N) is 1. The summed E-state index contributed by atoms with van der Waals surface area (Å²) in [6.07, 6.45) is 0.451. The van der Waals surface area contributed by atoms with E-state index in [2.05, 4.69) is 86.3 Å². The van der Waals surface area contributed by atoms with Crippen molar-refractivity contribution in [2.45, 2.75) is 35.3 Å². The summed E-state index contributed by atoms with van der Waals surface area (Å²) in [6.45, 7) is 1.20. The monoisotopic (exact) mass is 550 g/mol. The van der Waals surface area contributed by atoms with Crippen LogP contribution in [0.1, 0.15) is 17.8 Å². The Balaban J connectivity index is 1.15. The van der Waals surface area contributed by atoms with Crippen molar-refractivity contribution >= 4 is 28.8 Å². The number of aromatic nitrogens is 4. The average Bonchev–Trinajstić information content (AvgIpc) is 3.49. The van der Waals surface area contributed by atoms with Crippen molar-refractivity contribution in [3.63, 3.8) is 0 Å². The number of aryl methyl sites for hydroxylation is 1. The van der Waals surface area contributed by atoms with Crippen LogP contribution in [-0.4, -0.2) is 45.1 Å². The fourth-order valence-electron chi connectivity index (χ4n) is 4.70. The number of aliphatic hydroxyl groups is 1. The van der Waals surface area contributed by atoms with Gasteiger partial charge in [0.25, 0.3) is 0 Å². The second kappa shape index (κ2) is 11.8. The highest BCUT2D eigenvalue weighted by molar-refractivity contribution is 7.99. The number of nitrogens with zero attached hydrogens (tertiary/aromatic N) is 5. The molecule has 202 valence electrons. The van der Waals surface area contributed by atoms with Crippen molar-refractivity contribution < 1.29 is 9.84 Å². The Morgan fingerprint density at radius 2 is 1.68 bits per heavy atom. The molecule has 1 unspecified atom stereocenters. The molecule has 1 atom stereocenters. The van der Waals surface area contributed by atoms with Gasteiger partial charge in [-0.15, -0.1) is 15.0 Å². The molecule has 0 aliphatic carbocycles. The molecule has 0 bridgehead atoms. The molecule has 0 fully saturated rings. The Bertz CT molecular complexity index is 1570. The number of hydrogen-bond donors (Lipinski definition) is 2. The summed E-state index contributed by atoms with van der Waals surface area (Å²) in [5.74, 6) is 1.36. The third-order valence-corrected chi connectivity index (χ3v) is 7.95. The van der Waals surface area contributed by atoms with E-state index in [1.807, 2.05) is 36.4 Å². The molecule has 4 aromatic carbocycles. The van der Waals surface area contributed by atoms with Crippen molar-refractivity contribution in [2.75, 3.05) is 23.9 Å². The van der Waals surface area contributed by atoms with Crippen LogP contribution in [0.25, 0.3) is 5.69 Å². The first-order valence-electron chi connectivity index (χ1n) is 13.2. The van der Waals surface area contributed by atoms with Gasteiger partial charge in [-0.2, -0.15) is 0 Å². The second-order valence-corrected chi connectivity index (χ2v) is 10.7. The normalized spacial score (nSPS) is 12.9. The average molecular weight is 551 g/mol. The first-order valence-corrected chi connectivity index (χ1v) is 14.1. The molecule has 1 aliphatic heterocycles. The lowest BCUT2D eigenvalue weighted by Crippen LogP contribution is -2.31. The van der Waals surface area contributed by atoms with E-state index in [4.69, 9.17) is 4.74 Å². The molecule has 8 nitrogen and oxygen atoms in total. The third-order valence-electron chi connectivity index (χ3n) is 6.82. The lowest BCUT2D eigenvalue weighted by Gasteiger charge is -2.34. The molecule has 1 aromatic heterocycles. The fraction of sp³-hybridized carbons (Fsp3) is 0.194. The number of rotatable bonds is 10. The summed E-state index contributed by atoms with van der Waals surface area (Å²) in [4.78, 5) is 6.07. The third kappa shape index (κ3) is 5.80. The molecule has 0 saturated heterocycles. The number of anilines is 3. The maximum atomic E-state index is 11.2. The highest BCUT2D eigenvalue weighted by atomic mass is 32.2. The van der Waals surface area contributed by atoms with Gasteiger partial charge in [0.2, 0.25) is 0 Å². The predicted octanol–water partition coefficient (Wildman–Crippen LogP) is 5.88. The highest BCUT2D eigenvalue weighted by Gasteiger charge is 2.25. The quantitative estimate of drug-likeness (QED) is 0.223. The predicted molar refractivity (Wildman–Crippen MR) is 158 cm³/mol. The molecule has 2 N–H and O–H groups in total. The Labute approximate surface area is 237 Å². The van der Waals surface area contributed by atoms with Gasteiger partial charge in [0.05, 0.1) is 30.3 Å². The summed E-state index contributed by atoms with van der Waals surface area (Å²) in [5.41, 5.74) is 5.26. The maximum Gasteiger partial charge on any atom is 0.175 e. The number of tetrazole rings is 1. The van der Waals surface area contributed by atoms with Crippen molar-refractivity contribution in [3.05, 3.63) is 108 Å². The summed E-state index contributed by atoms with van der Waals surface area (Å²) >= 11 is 1.76. The Morgan fingerprint density at radius 3 is 2.50 bits per heavy atom. The molecule has 2 heterocycles. The molecule has 6 rings (SSSR count). The minimum atomic E-state index is -0.585. The van der Waals surface area contributed by atoms with E-state index in [1.165, 1.54) is 20.2 Å². The van der Waals surface area contributed by atoms with Gasteiger partial charge in [0.1, 0.15) is 5.75 Å². The van der Waals surface area contributed by atoms with Crippen molar-refractivity contribution in [3.8, 4) is 11.4 Å². The van der Waals surface area contributed by atoms with E-state index in [9.17, 15) is 5.11 Å². The zero-order valence-electron chi connectivity index (χ0n) is 22.1. The van der Waals surface area contributed by atoms with Crippen LogP contribution in [0.4, 0.5) is 17.1 Å². The van der Waals surface area contributed by atoms with Gasteiger partial charge in [-0.3, -0.25) is 0 Å². The Morgan fingerprint density at radius 1 is 0.900 bits per heavy atom. The first kappa shape index (κ1) is 25.9. The summed E-state index contributed by atoms with van der Waals surface area (Å²) in [7, 11) is 1.63. The van der Waals surface area contributed by atoms with E-state index >= 15 is 0 Å². The molecule has 9 heteroatoms. The van der Waals surface area contributed by atoms with Crippen LogP contribution >= 0.6 is 11.8 Å². The van der Waals surface area contributed by atoms with E-state index < -0.39 is 6.10 Å². The lowest BCUT2D eigenvalue weighted by atomic mass is 10.1. The van der Waals surface area contributed by atoms with Crippen LogP contribution in [0.5, 0.6) is 5.75 Å². The van der Waals surface area contributed by atoms with Crippen LogP contribution in [0.2, 0.25) is 0 Å². The van der Waals surface area contributed by atoms with Gasteiger partial charge in [-0.1, -0.05) is 54.2 Å². The number of benzene rings is 4. The van der Waals surface area contributed by atoms with Crippen LogP contribution in [-0.2, 0) is 13.0 Å². The van der Waals surface area contributed by atoms with Gasteiger partial charge in [-0.25, -0.2) is 0 Å². The number of aliphatic hydroxyl groups excluding tert-OH is 1. The van der Waals surface area contributed by atoms with E-state index in [-0.39, 0.29) is 0 Å². The minimum Gasteiger partial charge on any atom is -0.497 e. The summed E-state index contributed by atoms with van der Waals surface area (Å²) in [6, 6.07) is 32.6.